The average Bonchev–Trinajstić information content (AvgIpc) is 2.65. The molecule has 0 bridgehead atoms. The van der Waals surface area contributed by atoms with Crippen molar-refractivity contribution < 1.29 is 33.8 Å². The number of ether oxygens (including phenoxy) is 2. The van der Waals surface area contributed by atoms with Gasteiger partial charge in [-0.2, -0.15) is 0 Å². The molecule has 0 saturated carbocycles. The molecule has 1 N–H and O–H groups in total. The molecule has 128 valence electrons. The first-order valence-corrected chi connectivity index (χ1v) is 7.23. The van der Waals surface area contributed by atoms with E-state index in [-0.39, 0.29) is 17.4 Å². The molecular weight excluding hydrogens is 328 g/mol. The summed E-state index contributed by atoms with van der Waals surface area (Å²) in [7, 11) is 0. The Hall–Kier alpha value is -3.48. The van der Waals surface area contributed by atoms with Crippen LogP contribution in [0.4, 0.5) is 0 Å². The van der Waals surface area contributed by atoms with E-state index in [2.05, 4.69) is 0 Å². The molecule has 7 nitrogen and oxygen atoms in total. The number of hydrogen-bond acceptors (Lipinski definition) is 6. The van der Waals surface area contributed by atoms with Gasteiger partial charge in [0, 0.05) is 0 Å². The Balaban J connectivity index is 2.13. The Morgan fingerprint density at radius 2 is 1.24 bits per heavy atom. The van der Waals surface area contributed by atoms with Crippen molar-refractivity contribution in [2.75, 3.05) is 0 Å². The fraction of sp³-hybridized carbons (Fsp3) is 0.111. The van der Waals surface area contributed by atoms with Crippen LogP contribution in [0.5, 0.6) is 0 Å². The zero-order valence-corrected chi connectivity index (χ0v) is 12.9. The summed E-state index contributed by atoms with van der Waals surface area (Å²) >= 11 is 0. The molecule has 0 aliphatic carbocycles. The van der Waals surface area contributed by atoms with E-state index in [1.807, 2.05) is 0 Å². The van der Waals surface area contributed by atoms with Gasteiger partial charge in [-0.1, -0.05) is 36.4 Å². The van der Waals surface area contributed by atoms with E-state index in [9.17, 15) is 24.3 Å². The number of hydrogen-bond donors (Lipinski definition) is 1. The lowest BCUT2D eigenvalue weighted by Gasteiger charge is -2.19. The summed E-state index contributed by atoms with van der Waals surface area (Å²) < 4.78 is 9.72. The second kappa shape index (κ2) is 8.39. The summed E-state index contributed by atoms with van der Waals surface area (Å²) in [5.41, 5.74) is 0.237. The Morgan fingerprint density at radius 1 is 0.800 bits per heavy atom. The molecule has 0 aromatic heterocycles. The number of aldehydes is 1. The molecule has 0 amide bonds. The highest BCUT2D eigenvalue weighted by atomic mass is 16.6. The second-order valence-electron chi connectivity index (χ2n) is 4.90. The zero-order chi connectivity index (χ0) is 18.2. The fourth-order valence-corrected chi connectivity index (χ4v) is 1.94. The number of carbonyl (C=O) groups excluding carboxylic acids is 3. The summed E-state index contributed by atoms with van der Waals surface area (Å²) in [6.45, 7) is 0. The summed E-state index contributed by atoms with van der Waals surface area (Å²) in [6, 6.07) is 15.4. The van der Waals surface area contributed by atoms with Crippen molar-refractivity contribution in [1.29, 1.82) is 0 Å². The topological polar surface area (TPSA) is 107 Å². The van der Waals surface area contributed by atoms with Crippen molar-refractivity contribution >= 4 is 24.2 Å². The first-order chi connectivity index (χ1) is 12.0. The Kier molecular flexibility index (Phi) is 6.00. The number of benzene rings is 2. The molecule has 2 aromatic rings. The highest BCUT2D eigenvalue weighted by molar-refractivity contribution is 5.93. The number of carboxylic acids is 1. The van der Waals surface area contributed by atoms with Crippen LogP contribution in [-0.2, 0) is 19.1 Å². The second-order valence-corrected chi connectivity index (χ2v) is 4.90. The van der Waals surface area contributed by atoms with Gasteiger partial charge < -0.3 is 14.6 Å². The van der Waals surface area contributed by atoms with Crippen molar-refractivity contribution in [2.45, 2.75) is 12.2 Å². The van der Waals surface area contributed by atoms with E-state index in [4.69, 9.17) is 9.47 Å². The fourth-order valence-electron chi connectivity index (χ4n) is 1.94. The summed E-state index contributed by atoms with van der Waals surface area (Å²) in [5, 5.41) is 9.23. The van der Waals surface area contributed by atoms with Crippen LogP contribution in [-0.4, -0.2) is 41.5 Å². The highest BCUT2D eigenvalue weighted by Crippen LogP contribution is 2.11. The molecule has 25 heavy (non-hydrogen) atoms. The first kappa shape index (κ1) is 17.9. The molecule has 0 unspecified atom stereocenters. The van der Waals surface area contributed by atoms with Gasteiger partial charge >= 0.3 is 17.9 Å². The lowest BCUT2D eigenvalue weighted by Crippen LogP contribution is -2.42. The van der Waals surface area contributed by atoms with Gasteiger partial charge in [0.25, 0.3) is 0 Å². The van der Waals surface area contributed by atoms with Gasteiger partial charge in [-0.15, -0.1) is 0 Å². The minimum Gasteiger partial charge on any atom is -0.478 e. The standard InChI is InChI=1S/C18H14O7/c19-11-14(24-17(22)12-7-3-1-4-8-12)15(16(20)21)25-18(23)13-9-5-2-6-10-13/h1-11,14-15H,(H,20,21)/t14-,15+/m0/s1. The van der Waals surface area contributed by atoms with Gasteiger partial charge in [0.05, 0.1) is 11.1 Å². The van der Waals surface area contributed by atoms with Gasteiger partial charge in [-0.05, 0) is 24.3 Å². The molecule has 0 aliphatic heterocycles. The minimum atomic E-state index is -1.96. The predicted molar refractivity (Wildman–Crippen MR) is 85.0 cm³/mol. The number of carboxylic acid groups (broad SMARTS) is 1. The molecule has 0 heterocycles. The number of aliphatic carboxylic acids is 1. The Labute approximate surface area is 142 Å². The minimum absolute atomic E-state index is 0.104. The molecule has 0 spiro atoms. The number of esters is 2. The maximum absolute atomic E-state index is 12.0. The molecule has 2 atom stereocenters. The molecule has 0 fully saturated rings. The largest absolute Gasteiger partial charge is 0.478 e. The Morgan fingerprint density at radius 3 is 1.64 bits per heavy atom. The predicted octanol–water partition coefficient (Wildman–Crippen LogP) is 1.72. The summed E-state index contributed by atoms with van der Waals surface area (Å²) in [4.78, 5) is 46.5. The van der Waals surface area contributed by atoms with Crippen molar-refractivity contribution in [1.82, 2.24) is 0 Å². The van der Waals surface area contributed by atoms with Crippen LogP contribution in [0.3, 0.4) is 0 Å². The van der Waals surface area contributed by atoms with Crippen LogP contribution in [0.15, 0.2) is 60.7 Å². The highest BCUT2D eigenvalue weighted by Gasteiger charge is 2.35. The molecule has 0 aliphatic rings. The average molecular weight is 342 g/mol. The number of rotatable bonds is 7. The molecular formula is C18H14O7. The van der Waals surface area contributed by atoms with E-state index in [0.29, 0.717) is 0 Å². The van der Waals surface area contributed by atoms with E-state index in [1.165, 1.54) is 24.3 Å². The molecule has 7 heteroatoms. The quantitative estimate of drug-likeness (QED) is 0.603. The van der Waals surface area contributed by atoms with Crippen molar-refractivity contribution in [3.05, 3.63) is 71.8 Å². The van der Waals surface area contributed by atoms with Gasteiger partial charge in [0.2, 0.25) is 12.2 Å². The number of carbonyl (C=O) groups is 4. The van der Waals surface area contributed by atoms with Crippen LogP contribution in [0.2, 0.25) is 0 Å². The van der Waals surface area contributed by atoms with Crippen LogP contribution < -0.4 is 0 Å². The van der Waals surface area contributed by atoms with Crippen molar-refractivity contribution in [2.24, 2.45) is 0 Å². The first-order valence-electron chi connectivity index (χ1n) is 7.23. The molecule has 2 aromatic carbocycles. The van der Waals surface area contributed by atoms with Crippen LogP contribution >= 0.6 is 0 Å². The van der Waals surface area contributed by atoms with Crippen molar-refractivity contribution in [3.8, 4) is 0 Å². The van der Waals surface area contributed by atoms with E-state index >= 15 is 0 Å². The maximum atomic E-state index is 12.0. The van der Waals surface area contributed by atoms with Gasteiger partial charge in [0.1, 0.15) is 0 Å². The van der Waals surface area contributed by atoms with Crippen LogP contribution in [0.1, 0.15) is 20.7 Å². The third kappa shape index (κ3) is 4.74. The molecule has 0 radical (unpaired) electrons. The van der Waals surface area contributed by atoms with Gasteiger partial charge in [0.15, 0.2) is 6.29 Å². The summed E-state index contributed by atoms with van der Waals surface area (Å²) in [5.74, 6) is -3.46. The lowest BCUT2D eigenvalue weighted by atomic mass is 10.2. The monoisotopic (exact) mass is 342 g/mol. The van der Waals surface area contributed by atoms with Gasteiger partial charge in [-0.3, -0.25) is 4.79 Å². The van der Waals surface area contributed by atoms with E-state index in [1.54, 1.807) is 36.4 Å². The van der Waals surface area contributed by atoms with E-state index < -0.39 is 30.1 Å². The van der Waals surface area contributed by atoms with E-state index in [0.717, 1.165) is 0 Å². The maximum Gasteiger partial charge on any atom is 0.349 e. The SMILES string of the molecule is O=C[C@H](OC(=O)c1ccccc1)[C@@H](OC(=O)c1ccccc1)C(=O)O. The summed E-state index contributed by atoms with van der Waals surface area (Å²) in [6.07, 6.45) is -3.63. The third-order valence-electron chi connectivity index (χ3n) is 3.17. The van der Waals surface area contributed by atoms with Crippen LogP contribution in [0, 0.1) is 0 Å². The normalized spacial score (nSPS) is 12.5. The third-order valence-corrected chi connectivity index (χ3v) is 3.17. The van der Waals surface area contributed by atoms with Gasteiger partial charge in [-0.25, -0.2) is 14.4 Å². The molecule has 2 rings (SSSR count). The smallest absolute Gasteiger partial charge is 0.349 e. The molecule has 0 saturated heterocycles. The van der Waals surface area contributed by atoms with Crippen LogP contribution in [0.25, 0.3) is 0 Å². The zero-order valence-electron chi connectivity index (χ0n) is 12.9. The van der Waals surface area contributed by atoms with Crippen molar-refractivity contribution in [3.63, 3.8) is 0 Å². The Bertz CT molecular complexity index is 756. The lowest BCUT2D eigenvalue weighted by molar-refractivity contribution is -0.155.